The van der Waals surface area contributed by atoms with E-state index in [1.54, 1.807) is 19.2 Å². The molecule has 0 bridgehead atoms. The molecule has 37 heavy (non-hydrogen) atoms. The zero-order valence-corrected chi connectivity index (χ0v) is 25.2. The molecule has 3 rings (SSSR count). The highest BCUT2D eigenvalue weighted by Crippen LogP contribution is 2.36. The third-order valence-electron chi connectivity index (χ3n) is 5.80. The van der Waals surface area contributed by atoms with Gasteiger partial charge in [-0.25, -0.2) is 13.2 Å². The number of nitrogens with one attached hydrogen (secondary N) is 1. The van der Waals surface area contributed by atoms with Gasteiger partial charge in [-0.2, -0.15) is 0 Å². The molecule has 1 saturated carbocycles. The summed E-state index contributed by atoms with van der Waals surface area (Å²) in [6, 6.07) is 13.1. The Labute approximate surface area is 228 Å². The van der Waals surface area contributed by atoms with Crippen LogP contribution < -0.4 is 5.32 Å². The molecule has 2 aromatic carbocycles. The molecule has 11 heteroatoms. The molecule has 0 aromatic heterocycles. The molecular weight excluding hydrogens is 576 g/mol. The number of rotatable bonds is 12. The molecule has 0 atom stereocenters. The molecule has 0 saturated heterocycles. The smallest absolute Gasteiger partial charge is 0.409 e. The van der Waals surface area contributed by atoms with Crippen molar-refractivity contribution in [1.82, 2.24) is 4.90 Å². The lowest BCUT2D eigenvalue weighted by Gasteiger charge is -2.21. The zero-order valence-electron chi connectivity index (χ0n) is 21.8. The number of nitrogens with zero attached hydrogens (tertiary/aromatic N) is 1. The third-order valence-corrected chi connectivity index (χ3v) is 10.4. The Kier molecular flexibility index (Phi) is 9.96. The van der Waals surface area contributed by atoms with E-state index in [2.05, 4.69) is 40.9 Å². The molecular formula is C26H35BrN2O6SSi. The number of halogens is 1. The SMILES string of the molecule is CN(Cc1cc(NC(=O)COCc2cccc(Br)c2)ccc1S(=O)(=O)C1CC1)C(=O)OCC[Si](C)(C)C. The number of hydrogen-bond acceptors (Lipinski definition) is 6. The van der Waals surface area contributed by atoms with Gasteiger partial charge in [0.05, 0.1) is 29.9 Å². The first-order valence-electron chi connectivity index (χ1n) is 12.2. The van der Waals surface area contributed by atoms with E-state index in [-0.39, 0.29) is 30.6 Å². The first-order valence-corrected chi connectivity index (χ1v) is 18.3. The summed E-state index contributed by atoms with van der Waals surface area (Å²) in [5.41, 5.74) is 1.80. The van der Waals surface area contributed by atoms with Crippen molar-refractivity contribution in [2.45, 2.75) is 61.8 Å². The van der Waals surface area contributed by atoms with E-state index in [9.17, 15) is 18.0 Å². The van der Waals surface area contributed by atoms with Gasteiger partial charge in [0, 0.05) is 25.3 Å². The number of hydrogen-bond donors (Lipinski definition) is 1. The van der Waals surface area contributed by atoms with Crippen LogP contribution in [0.3, 0.4) is 0 Å². The van der Waals surface area contributed by atoms with Gasteiger partial charge in [-0.15, -0.1) is 0 Å². The summed E-state index contributed by atoms with van der Waals surface area (Å²) in [7, 11) is -3.29. The number of carbonyl (C=O) groups excluding carboxylic acids is 2. The van der Waals surface area contributed by atoms with Gasteiger partial charge in [0.25, 0.3) is 0 Å². The average Bonchev–Trinajstić information content (AvgIpc) is 3.64. The average molecular weight is 612 g/mol. The normalized spacial score (nSPS) is 13.8. The van der Waals surface area contributed by atoms with E-state index in [1.165, 1.54) is 11.0 Å². The van der Waals surface area contributed by atoms with Crippen LogP contribution >= 0.6 is 15.9 Å². The Morgan fingerprint density at radius 1 is 1.14 bits per heavy atom. The third kappa shape index (κ3) is 9.24. The summed E-state index contributed by atoms with van der Waals surface area (Å²) in [6.45, 7) is 7.09. The maximum absolute atomic E-state index is 13.0. The molecule has 1 aliphatic carbocycles. The monoisotopic (exact) mass is 610 g/mol. The van der Waals surface area contributed by atoms with Crippen LogP contribution in [-0.4, -0.2) is 58.9 Å². The lowest BCUT2D eigenvalue weighted by molar-refractivity contribution is -0.121. The molecule has 0 heterocycles. The topological polar surface area (TPSA) is 102 Å². The Morgan fingerprint density at radius 2 is 1.86 bits per heavy atom. The Bertz CT molecular complexity index is 1230. The van der Waals surface area contributed by atoms with Crippen LogP contribution in [0.4, 0.5) is 10.5 Å². The molecule has 202 valence electrons. The van der Waals surface area contributed by atoms with Crippen molar-refractivity contribution in [3.8, 4) is 0 Å². The molecule has 0 aliphatic heterocycles. The molecule has 8 nitrogen and oxygen atoms in total. The van der Waals surface area contributed by atoms with Gasteiger partial charge >= 0.3 is 6.09 Å². The van der Waals surface area contributed by atoms with Gasteiger partial charge < -0.3 is 19.7 Å². The zero-order chi connectivity index (χ0) is 27.2. The van der Waals surface area contributed by atoms with Crippen LogP contribution in [0.2, 0.25) is 25.7 Å². The van der Waals surface area contributed by atoms with Crippen molar-refractivity contribution in [1.29, 1.82) is 0 Å². The summed E-state index contributed by atoms with van der Waals surface area (Å²) in [6.07, 6.45) is 0.748. The maximum atomic E-state index is 13.0. The summed E-state index contributed by atoms with van der Waals surface area (Å²) in [5, 5.41) is 2.36. The van der Waals surface area contributed by atoms with E-state index in [0.29, 0.717) is 30.7 Å². The van der Waals surface area contributed by atoms with Gasteiger partial charge in [-0.05, 0) is 60.3 Å². The molecule has 2 amide bonds. The van der Waals surface area contributed by atoms with Gasteiger partial charge in [-0.3, -0.25) is 4.79 Å². The summed E-state index contributed by atoms with van der Waals surface area (Å²) < 4.78 is 37.9. The summed E-state index contributed by atoms with van der Waals surface area (Å²) in [5.74, 6) is -0.363. The minimum absolute atomic E-state index is 0.0379. The second kappa shape index (κ2) is 12.6. The second-order valence-electron chi connectivity index (χ2n) is 10.5. The lowest BCUT2D eigenvalue weighted by Crippen LogP contribution is -2.30. The molecule has 0 spiro atoms. The summed E-state index contributed by atoms with van der Waals surface area (Å²) >= 11 is 3.40. The highest BCUT2D eigenvalue weighted by atomic mass is 79.9. The van der Waals surface area contributed by atoms with Gasteiger partial charge in [0.15, 0.2) is 9.84 Å². The molecule has 2 aromatic rings. The molecule has 1 fully saturated rings. The Balaban J connectivity index is 1.67. The van der Waals surface area contributed by atoms with Gasteiger partial charge in [0.2, 0.25) is 5.91 Å². The van der Waals surface area contributed by atoms with E-state index in [0.717, 1.165) is 16.1 Å². The van der Waals surface area contributed by atoms with Crippen molar-refractivity contribution < 1.29 is 27.5 Å². The minimum Gasteiger partial charge on any atom is -0.450 e. The van der Waals surface area contributed by atoms with Crippen molar-refractivity contribution in [3.63, 3.8) is 0 Å². The number of sulfone groups is 1. The maximum Gasteiger partial charge on any atom is 0.409 e. The van der Waals surface area contributed by atoms with Crippen molar-refractivity contribution in [2.75, 3.05) is 25.6 Å². The van der Waals surface area contributed by atoms with Crippen molar-refractivity contribution in [3.05, 3.63) is 58.1 Å². The van der Waals surface area contributed by atoms with E-state index < -0.39 is 29.3 Å². The largest absolute Gasteiger partial charge is 0.450 e. The number of ether oxygens (including phenoxy) is 2. The minimum atomic E-state index is -3.51. The predicted octanol–water partition coefficient (Wildman–Crippen LogP) is 5.45. The lowest BCUT2D eigenvalue weighted by atomic mass is 10.2. The number of benzene rings is 2. The van der Waals surface area contributed by atoms with E-state index in [4.69, 9.17) is 9.47 Å². The number of amides is 2. The van der Waals surface area contributed by atoms with Crippen LogP contribution in [0.25, 0.3) is 0 Å². The second-order valence-corrected chi connectivity index (χ2v) is 19.3. The Morgan fingerprint density at radius 3 is 2.51 bits per heavy atom. The predicted molar refractivity (Wildman–Crippen MR) is 150 cm³/mol. The molecule has 0 radical (unpaired) electrons. The van der Waals surface area contributed by atoms with Crippen LogP contribution in [0.15, 0.2) is 51.8 Å². The van der Waals surface area contributed by atoms with Crippen LogP contribution in [-0.2, 0) is 37.3 Å². The van der Waals surface area contributed by atoms with Crippen LogP contribution in [0.5, 0.6) is 0 Å². The highest BCUT2D eigenvalue weighted by molar-refractivity contribution is 9.10. The first-order chi connectivity index (χ1) is 17.3. The number of anilines is 1. The number of carbonyl (C=O) groups is 2. The van der Waals surface area contributed by atoms with Crippen LogP contribution in [0.1, 0.15) is 24.0 Å². The molecule has 0 unspecified atom stereocenters. The Hall–Kier alpha value is -2.21. The highest BCUT2D eigenvalue weighted by Gasteiger charge is 2.38. The fraction of sp³-hybridized carbons (Fsp3) is 0.462. The van der Waals surface area contributed by atoms with E-state index in [1.807, 2.05) is 24.3 Å². The van der Waals surface area contributed by atoms with Crippen molar-refractivity contribution in [2.24, 2.45) is 0 Å². The van der Waals surface area contributed by atoms with Crippen LogP contribution in [0, 0.1) is 0 Å². The fourth-order valence-corrected chi connectivity index (χ4v) is 6.60. The standard InChI is InChI=1S/C26H35BrN2O6SSi/c1-29(26(31)35-12-13-37(2,3)4)16-20-15-22(8-11-24(20)36(32,33)23-9-10-23)28-25(30)18-34-17-19-6-5-7-21(27)14-19/h5-8,11,14-15,23H,9-10,12-13,16-18H2,1-4H3,(H,28,30). The fourth-order valence-electron chi connectivity index (χ4n) is 3.58. The van der Waals surface area contributed by atoms with E-state index >= 15 is 0 Å². The van der Waals surface area contributed by atoms with Gasteiger partial charge in [-0.1, -0.05) is 47.7 Å². The summed E-state index contributed by atoms with van der Waals surface area (Å²) in [4.78, 5) is 26.5. The molecule has 1 N–H and O–H groups in total. The van der Waals surface area contributed by atoms with Gasteiger partial charge in [0.1, 0.15) is 6.61 Å². The first kappa shape index (κ1) is 29.3. The quantitative estimate of drug-likeness (QED) is 0.321. The molecule has 1 aliphatic rings. The van der Waals surface area contributed by atoms with Crippen molar-refractivity contribution >= 4 is 51.5 Å².